The van der Waals surface area contributed by atoms with E-state index in [9.17, 15) is 5.11 Å². The van der Waals surface area contributed by atoms with Gasteiger partial charge in [-0.15, -0.1) is 0 Å². The number of nitrogen functional groups attached to an aromatic ring is 1. The molecule has 1 atom stereocenters. The standard InChI is InChI=1S/C24H32N4O3/c1-30-22-11-5-6-12-23(22)31-18-19(29)17-28-21-10-4-3-9-20(21)27(24(28)25)16-15-26-13-7-2-8-14-26/h3-6,9-12,19,25,29H,2,7-8,13-18H2,1H3/p+2/t19-/m0/s1. The van der Waals surface area contributed by atoms with Crippen LogP contribution in [0.3, 0.4) is 0 Å². The summed E-state index contributed by atoms with van der Waals surface area (Å²) < 4.78 is 15.3. The number of benzene rings is 2. The number of nitrogens with one attached hydrogen (secondary N) is 1. The number of ether oxygens (including phenoxy) is 2. The Morgan fingerprint density at radius 3 is 2.55 bits per heavy atom. The van der Waals surface area contributed by atoms with E-state index in [1.54, 1.807) is 12.0 Å². The Morgan fingerprint density at radius 1 is 1.06 bits per heavy atom. The largest absolute Gasteiger partial charge is 0.493 e. The predicted octanol–water partition coefficient (Wildman–Crippen LogP) is 1.03. The minimum atomic E-state index is -0.704. The number of aliphatic hydroxyl groups excluding tert-OH is 1. The van der Waals surface area contributed by atoms with Crippen LogP contribution in [0.4, 0.5) is 5.95 Å². The fraction of sp³-hybridized carbons (Fsp3) is 0.458. The van der Waals surface area contributed by atoms with Crippen LogP contribution in [0.25, 0.3) is 11.0 Å². The molecule has 1 fully saturated rings. The number of anilines is 1. The Kier molecular flexibility index (Phi) is 6.94. The molecule has 3 aromatic rings. The van der Waals surface area contributed by atoms with Gasteiger partial charge in [0.25, 0.3) is 0 Å². The molecule has 2 heterocycles. The highest BCUT2D eigenvalue weighted by molar-refractivity contribution is 5.73. The second-order valence-corrected chi connectivity index (χ2v) is 8.29. The smallest absolute Gasteiger partial charge is 0.356 e. The second kappa shape index (κ2) is 10.0. The lowest BCUT2D eigenvalue weighted by Crippen LogP contribution is -3.13. The number of nitrogens with two attached hydrogens (primary N) is 1. The molecule has 31 heavy (non-hydrogen) atoms. The first-order chi connectivity index (χ1) is 15.2. The average Bonchev–Trinajstić information content (AvgIpc) is 3.08. The first-order valence-corrected chi connectivity index (χ1v) is 11.2. The van der Waals surface area contributed by atoms with Gasteiger partial charge < -0.3 is 19.5 Å². The average molecular weight is 427 g/mol. The Bertz CT molecular complexity index is 998. The molecule has 0 saturated carbocycles. The van der Waals surface area contributed by atoms with Gasteiger partial charge >= 0.3 is 5.95 Å². The number of hydrogen-bond donors (Lipinski definition) is 3. The van der Waals surface area contributed by atoms with Crippen molar-refractivity contribution in [2.75, 3.05) is 39.1 Å². The number of imidazole rings is 1. The van der Waals surface area contributed by atoms with Crippen LogP contribution >= 0.6 is 0 Å². The van der Waals surface area contributed by atoms with E-state index >= 15 is 0 Å². The van der Waals surface area contributed by atoms with Gasteiger partial charge in [0.15, 0.2) is 11.5 Å². The number of para-hydroxylation sites is 4. The number of nitrogens with zero attached hydrogens (tertiary/aromatic N) is 2. The lowest BCUT2D eigenvalue weighted by molar-refractivity contribution is -0.905. The monoisotopic (exact) mass is 426 g/mol. The fourth-order valence-electron chi connectivity index (χ4n) is 4.50. The first kappa shape index (κ1) is 21.5. The number of aromatic nitrogens is 2. The van der Waals surface area contributed by atoms with E-state index in [-0.39, 0.29) is 6.61 Å². The van der Waals surface area contributed by atoms with Crippen molar-refractivity contribution in [3.63, 3.8) is 0 Å². The molecule has 0 radical (unpaired) electrons. The van der Waals surface area contributed by atoms with Crippen molar-refractivity contribution in [1.29, 1.82) is 0 Å². The zero-order valence-electron chi connectivity index (χ0n) is 18.3. The summed E-state index contributed by atoms with van der Waals surface area (Å²) in [6.45, 7) is 4.97. The van der Waals surface area contributed by atoms with E-state index < -0.39 is 6.10 Å². The van der Waals surface area contributed by atoms with Gasteiger partial charge in [0.2, 0.25) is 0 Å². The van der Waals surface area contributed by atoms with Crippen LogP contribution in [0.1, 0.15) is 19.3 Å². The number of rotatable bonds is 9. The highest BCUT2D eigenvalue weighted by Gasteiger charge is 2.24. The Morgan fingerprint density at radius 2 is 1.77 bits per heavy atom. The van der Waals surface area contributed by atoms with Gasteiger partial charge in [-0.05, 0) is 43.5 Å². The van der Waals surface area contributed by atoms with Gasteiger partial charge in [-0.3, -0.25) is 5.73 Å². The van der Waals surface area contributed by atoms with Crippen molar-refractivity contribution in [3.8, 4) is 11.5 Å². The summed E-state index contributed by atoms with van der Waals surface area (Å²) in [5.41, 5.74) is 8.72. The van der Waals surface area contributed by atoms with Gasteiger partial charge in [0.05, 0.1) is 20.2 Å². The third-order valence-corrected chi connectivity index (χ3v) is 6.16. The van der Waals surface area contributed by atoms with E-state index in [1.165, 1.54) is 32.4 Å². The van der Waals surface area contributed by atoms with Crippen LogP contribution in [0.2, 0.25) is 0 Å². The number of likely N-dealkylation sites (tertiary alicyclic amines) is 1. The number of fused-ring (bicyclic) bond motifs is 1. The molecule has 1 aliphatic rings. The molecule has 1 saturated heterocycles. The van der Waals surface area contributed by atoms with E-state index in [4.69, 9.17) is 15.2 Å². The molecule has 0 aliphatic carbocycles. The summed E-state index contributed by atoms with van der Waals surface area (Å²) in [6, 6.07) is 15.7. The van der Waals surface area contributed by atoms with Gasteiger partial charge in [-0.2, -0.15) is 0 Å². The SMILES string of the molecule is COc1ccccc1OC[C@@H](O)C[n+]1c(N)n(CC[NH+]2CCCCC2)c2ccccc21. The van der Waals surface area contributed by atoms with Gasteiger partial charge in [0, 0.05) is 0 Å². The van der Waals surface area contributed by atoms with Crippen molar-refractivity contribution >= 4 is 17.0 Å². The lowest BCUT2D eigenvalue weighted by Gasteiger charge is -2.22. The maximum absolute atomic E-state index is 10.7. The first-order valence-electron chi connectivity index (χ1n) is 11.2. The van der Waals surface area contributed by atoms with E-state index in [0.29, 0.717) is 24.0 Å². The maximum atomic E-state index is 10.7. The molecular formula is C24H34N4O3+2. The molecule has 0 unspecified atom stereocenters. The minimum absolute atomic E-state index is 0.157. The van der Waals surface area contributed by atoms with Crippen LogP contribution in [0.5, 0.6) is 11.5 Å². The molecule has 4 N–H and O–H groups in total. The van der Waals surface area contributed by atoms with Crippen LogP contribution in [0.15, 0.2) is 48.5 Å². The molecule has 2 aromatic carbocycles. The van der Waals surface area contributed by atoms with Gasteiger partial charge in [-0.1, -0.05) is 24.3 Å². The summed E-state index contributed by atoms with van der Waals surface area (Å²) >= 11 is 0. The molecule has 0 amide bonds. The Hall–Kier alpha value is -2.77. The molecule has 0 bridgehead atoms. The molecular weight excluding hydrogens is 392 g/mol. The van der Waals surface area contributed by atoms with Crippen molar-refractivity contribution in [1.82, 2.24) is 4.57 Å². The quantitative estimate of drug-likeness (QED) is 0.447. The summed E-state index contributed by atoms with van der Waals surface area (Å²) in [5.74, 6) is 1.95. The third kappa shape index (κ3) is 4.94. The summed E-state index contributed by atoms with van der Waals surface area (Å²) in [5, 5.41) is 10.7. The molecule has 7 nitrogen and oxygen atoms in total. The molecule has 7 heteroatoms. The summed E-state index contributed by atoms with van der Waals surface area (Å²) in [7, 11) is 1.61. The van der Waals surface area contributed by atoms with Crippen LogP contribution in [-0.2, 0) is 13.1 Å². The topological polar surface area (TPSA) is 78.0 Å². The summed E-state index contributed by atoms with van der Waals surface area (Å²) in [4.78, 5) is 1.65. The predicted molar refractivity (Wildman–Crippen MR) is 120 cm³/mol. The van der Waals surface area contributed by atoms with Crippen molar-refractivity contribution in [2.45, 2.75) is 38.5 Å². The lowest BCUT2D eigenvalue weighted by atomic mass is 10.1. The van der Waals surface area contributed by atoms with Crippen LogP contribution in [-0.4, -0.2) is 49.1 Å². The highest BCUT2D eigenvalue weighted by atomic mass is 16.5. The zero-order chi connectivity index (χ0) is 21.6. The van der Waals surface area contributed by atoms with Crippen molar-refractivity contribution in [3.05, 3.63) is 48.5 Å². The number of aliphatic hydroxyl groups is 1. The second-order valence-electron chi connectivity index (χ2n) is 8.29. The van der Waals surface area contributed by atoms with Gasteiger partial charge in [0.1, 0.15) is 43.4 Å². The van der Waals surface area contributed by atoms with Crippen molar-refractivity contribution < 1.29 is 24.0 Å². The number of hydrogen-bond acceptors (Lipinski definition) is 4. The van der Waals surface area contributed by atoms with Crippen LogP contribution in [0, 0.1) is 0 Å². The number of quaternary nitrogens is 1. The number of methoxy groups -OCH3 is 1. The van der Waals surface area contributed by atoms with Gasteiger partial charge in [-0.25, -0.2) is 9.13 Å². The van der Waals surface area contributed by atoms with Crippen molar-refractivity contribution in [2.24, 2.45) is 0 Å². The van der Waals surface area contributed by atoms with E-state index in [2.05, 4.69) is 16.7 Å². The Balaban J connectivity index is 1.47. The van der Waals surface area contributed by atoms with Crippen LogP contribution < -0.4 is 24.7 Å². The van der Waals surface area contributed by atoms with E-state index in [0.717, 1.165) is 24.1 Å². The zero-order valence-corrected chi connectivity index (χ0v) is 18.3. The molecule has 1 aromatic heterocycles. The van der Waals surface area contributed by atoms with E-state index in [1.807, 2.05) is 41.0 Å². The highest BCUT2D eigenvalue weighted by Crippen LogP contribution is 2.25. The number of piperidine rings is 1. The Labute approximate surface area is 183 Å². The third-order valence-electron chi connectivity index (χ3n) is 6.16. The minimum Gasteiger partial charge on any atom is -0.493 e. The summed E-state index contributed by atoms with van der Waals surface area (Å²) in [6.07, 6.45) is 3.28. The molecule has 166 valence electrons. The molecule has 1 aliphatic heterocycles. The fourth-order valence-corrected chi connectivity index (χ4v) is 4.50. The molecule has 0 spiro atoms. The normalized spacial score (nSPS) is 15.8. The maximum Gasteiger partial charge on any atom is 0.356 e. The molecule has 4 rings (SSSR count).